The molecular formula is C14H21N3O2. The molecule has 1 aromatic rings. The minimum atomic E-state index is -0.251. The minimum absolute atomic E-state index is 0.00183. The molecule has 19 heavy (non-hydrogen) atoms. The predicted octanol–water partition coefficient (Wildman–Crippen LogP) is 1.32. The number of para-hydroxylation sites is 1. The van der Waals surface area contributed by atoms with Gasteiger partial charge in [0.15, 0.2) is 0 Å². The van der Waals surface area contributed by atoms with Gasteiger partial charge in [-0.15, -0.1) is 0 Å². The average Bonchev–Trinajstić information content (AvgIpc) is 2.35. The number of carbonyl (C=O) groups excluding carboxylic acids is 2. The molecule has 0 aromatic heterocycles. The normalized spacial score (nSPS) is 10.2. The van der Waals surface area contributed by atoms with Crippen LogP contribution in [0.3, 0.4) is 0 Å². The van der Waals surface area contributed by atoms with Crippen LogP contribution in [0.1, 0.15) is 24.2 Å². The van der Waals surface area contributed by atoms with E-state index in [1.165, 1.54) is 4.90 Å². The van der Waals surface area contributed by atoms with E-state index in [4.69, 9.17) is 0 Å². The smallest absolute Gasteiger partial charge is 0.253 e. The summed E-state index contributed by atoms with van der Waals surface area (Å²) in [6.07, 6.45) is 0. The van der Waals surface area contributed by atoms with E-state index in [1.807, 2.05) is 26.0 Å². The van der Waals surface area contributed by atoms with Crippen molar-refractivity contribution in [3.8, 4) is 0 Å². The lowest BCUT2D eigenvalue weighted by Crippen LogP contribution is -2.36. The Hall–Kier alpha value is -2.04. The number of benzene rings is 1. The summed E-state index contributed by atoms with van der Waals surface area (Å²) >= 11 is 0. The van der Waals surface area contributed by atoms with Gasteiger partial charge in [-0.3, -0.25) is 9.59 Å². The lowest BCUT2D eigenvalue weighted by atomic mass is 10.1. The lowest BCUT2D eigenvalue weighted by Gasteiger charge is -2.15. The SMILES string of the molecule is CC(C)Nc1ccccc1C(=O)NCC(=O)N(C)C. The van der Waals surface area contributed by atoms with Gasteiger partial charge in [0, 0.05) is 25.8 Å². The van der Waals surface area contributed by atoms with Crippen LogP contribution in [0.15, 0.2) is 24.3 Å². The first-order chi connectivity index (χ1) is 8.91. The number of carbonyl (C=O) groups is 2. The summed E-state index contributed by atoms with van der Waals surface area (Å²) in [5.41, 5.74) is 1.31. The van der Waals surface area contributed by atoms with Crippen molar-refractivity contribution in [2.75, 3.05) is 26.0 Å². The Bertz CT molecular complexity index is 456. The third-order valence-electron chi connectivity index (χ3n) is 2.51. The molecule has 0 fully saturated rings. The molecule has 0 aliphatic heterocycles. The van der Waals surface area contributed by atoms with Gasteiger partial charge >= 0.3 is 0 Å². The first-order valence-electron chi connectivity index (χ1n) is 6.25. The molecule has 2 N–H and O–H groups in total. The molecule has 0 heterocycles. The van der Waals surface area contributed by atoms with Crippen molar-refractivity contribution >= 4 is 17.5 Å². The summed E-state index contributed by atoms with van der Waals surface area (Å²) in [6, 6.07) is 7.49. The van der Waals surface area contributed by atoms with Gasteiger partial charge in [-0.1, -0.05) is 12.1 Å². The fourth-order valence-corrected chi connectivity index (χ4v) is 1.53. The van der Waals surface area contributed by atoms with Gasteiger partial charge in [-0.05, 0) is 26.0 Å². The Kier molecular flexibility index (Phi) is 5.36. The molecular weight excluding hydrogens is 242 g/mol. The number of nitrogens with one attached hydrogen (secondary N) is 2. The van der Waals surface area contributed by atoms with E-state index in [9.17, 15) is 9.59 Å². The van der Waals surface area contributed by atoms with Crippen LogP contribution in [0.25, 0.3) is 0 Å². The van der Waals surface area contributed by atoms with Gasteiger partial charge in [0.05, 0.1) is 12.1 Å². The van der Waals surface area contributed by atoms with Crippen LogP contribution in [0.5, 0.6) is 0 Å². The summed E-state index contributed by atoms with van der Waals surface area (Å²) in [5, 5.41) is 5.83. The molecule has 0 aliphatic carbocycles. The minimum Gasteiger partial charge on any atom is -0.382 e. The second kappa shape index (κ2) is 6.78. The molecule has 0 bridgehead atoms. The highest BCUT2D eigenvalue weighted by molar-refractivity contribution is 6.01. The molecule has 0 aliphatic rings. The van der Waals surface area contributed by atoms with E-state index in [0.29, 0.717) is 5.56 Å². The number of hydrogen-bond donors (Lipinski definition) is 2. The fourth-order valence-electron chi connectivity index (χ4n) is 1.53. The van der Waals surface area contributed by atoms with Crippen LogP contribution >= 0.6 is 0 Å². The molecule has 1 rings (SSSR count). The lowest BCUT2D eigenvalue weighted by molar-refractivity contribution is -0.127. The van der Waals surface area contributed by atoms with E-state index in [1.54, 1.807) is 26.2 Å². The number of amides is 2. The second-order valence-electron chi connectivity index (χ2n) is 4.82. The first-order valence-corrected chi connectivity index (χ1v) is 6.25. The largest absolute Gasteiger partial charge is 0.382 e. The molecule has 0 unspecified atom stereocenters. The van der Waals surface area contributed by atoms with Crippen LogP contribution in [0, 0.1) is 0 Å². The number of rotatable bonds is 5. The fraction of sp³-hybridized carbons (Fsp3) is 0.429. The zero-order chi connectivity index (χ0) is 14.4. The standard InChI is InChI=1S/C14H21N3O2/c1-10(2)16-12-8-6-5-7-11(12)14(19)15-9-13(18)17(3)4/h5-8,10,16H,9H2,1-4H3,(H,15,19). The molecule has 1 aromatic carbocycles. The van der Waals surface area contributed by atoms with Crippen LogP contribution in [-0.4, -0.2) is 43.4 Å². The van der Waals surface area contributed by atoms with Gasteiger partial charge < -0.3 is 15.5 Å². The topological polar surface area (TPSA) is 61.4 Å². The quantitative estimate of drug-likeness (QED) is 0.842. The molecule has 0 saturated carbocycles. The molecule has 0 spiro atoms. The molecule has 2 amide bonds. The number of likely N-dealkylation sites (N-methyl/N-ethyl adjacent to an activating group) is 1. The van der Waals surface area contributed by atoms with E-state index in [2.05, 4.69) is 10.6 Å². The van der Waals surface area contributed by atoms with Crippen LogP contribution < -0.4 is 10.6 Å². The molecule has 104 valence electrons. The van der Waals surface area contributed by atoms with Crippen molar-refractivity contribution in [2.24, 2.45) is 0 Å². The number of hydrogen-bond acceptors (Lipinski definition) is 3. The summed E-state index contributed by atoms with van der Waals surface area (Å²) < 4.78 is 0. The van der Waals surface area contributed by atoms with Crippen LogP contribution in [-0.2, 0) is 4.79 Å². The first kappa shape index (κ1) is 15.0. The predicted molar refractivity (Wildman–Crippen MR) is 76.2 cm³/mol. The Morgan fingerprint density at radius 2 is 1.84 bits per heavy atom. The van der Waals surface area contributed by atoms with E-state index in [-0.39, 0.29) is 24.4 Å². The zero-order valence-corrected chi connectivity index (χ0v) is 11.9. The zero-order valence-electron chi connectivity index (χ0n) is 11.9. The van der Waals surface area contributed by atoms with Gasteiger partial charge in [-0.25, -0.2) is 0 Å². The van der Waals surface area contributed by atoms with E-state index < -0.39 is 0 Å². The summed E-state index contributed by atoms with van der Waals surface area (Å²) in [7, 11) is 3.31. The van der Waals surface area contributed by atoms with E-state index in [0.717, 1.165) is 5.69 Å². The summed E-state index contributed by atoms with van der Waals surface area (Å²) in [4.78, 5) is 24.9. The number of anilines is 1. The van der Waals surface area contributed by atoms with Crippen molar-refractivity contribution in [2.45, 2.75) is 19.9 Å². The van der Waals surface area contributed by atoms with Crippen molar-refractivity contribution in [3.05, 3.63) is 29.8 Å². The highest BCUT2D eigenvalue weighted by Crippen LogP contribution is 2.15. The maximum atomic E-state index is 12.1. The Morgan fingerprint density at radius 1 is 1.21 bits per heavy atom. The number of nitrogens with zero attached hydrogens (tertiary/aromatic N) is 1. The van der Waals surface area contributed by atoms with Crippen molar-refractivity contribution in [1.29, 1.82) is 0 Å². The monoisotopic (exact) mass is 263 g/mol. The molecule has 0 saturated heterocycles. The van der Waals surface area contributed by atoms with Gasteiger partial charge in [0.2, 0.25) is 5.91 Å². The van der Waals surface area contributed by atoms with Crippen LogP contribution in [0.4, 0.5) is 5.69 Å². The Balaban J connectivity index is 2.74. The third kappa shape index (κ3) is 4.62. The maximum Gasteiger partial charge on any atom is 0.253 e. The van der Waals surface area contributed by atoms with Crippen molar-refractivity contribution < 1.29 is 9.59 Å². The van der Waals surface area contributed by atoms with Crippen molar-refractivity contribution in [1.82, 2.24) is 10.2 Å². The summed E-state index contributed by atoms with van der Waals surface area (Å²) in [5.74, 6) is -0.387. The third-order valence-corrected chi connectivity index (χ3v) is 2.51. The molecule has 0 atom stereocenters. The van der Waals surface area contributed by atoms with Crippen LogP contribution in [0.2, 0.25) is 0 Å². The van der Waals surface area contributed by atoms with Gasteiger partial charge in [-0.2, -0.15) is 0 Å². The Morgan fingerprint density at radius 3 is 2.42 bits per heavy atom. The average molecular weight is 263 g/mol. The highest BCUT2D eigenvalue weighted by Gasteiger charge is 2.13. The van der Waals surface area contributed by atoms with Gasteiger partial charge in [0.25, 0.3) is 5.91 Å². The molecule has 5 heteroatoms. The molecule has 5 nitrogen and oxygen atoms in total. The second-order valence-corrected chi connectivity index (χ2v) is 4.82. The van der Waals surface area contributed by atoms with E-state index >= 15 is 0 Å². The van der Waals surface area contributed by atoms with Gasteiger partial charge in [0.1, 0.15) is 0 Å². The molecule has 0 radical (unpaired) electrons. The summed E-state index contributed by atoms with van der Waals surface area (Å²) in [6.45, 7) is 4.01. The highest BCUT2D eigenvalue weighted by atomic mass is 16.2. The maximum absolute atomic E-state index is 12.1. The van der Waals surface area contributed by atoms with Crippen molar-refractivity contribution in [3.63, 3.8) is 0 Å². The Labute approximate surface area is 114 Å².